The molecule has 0 saturated heterocycles. The molecule has 150 valence electrons. The van der Waals surface area contributed by atoms with Gasteiger partial charge in [0.1, 0.15) is 12.4 Å². The van der Waals surface area contributed by atoms with Crippen LogP contribution in [0, 0.1) is 0 Å². The van der Waals surface area contributed by atoms with Crippen molar-refractivity contribution in [3.05, 3.63) is 94.0 Å². The van der Waals surface area contributed by atoms with Gasteiger partial charge < -0.3 is 4.74 Å². The number of amides is 3. The molecule has 0 aliphatic carbocycles. The highest BCUT2D eigenvalue weighted by atomic mass is 79.9. The molecular formula is C23H17BrN2O4. The predicted octanol–water partition coefficient (Wildman–Crippen LogP) is 4.36. The van der Waals surface area contributed by atoms with Gasteiger partial charge in [-0.05, 0) is 60.7 Å². The van der Waals surface area contributed by atoms with Crippen molar-refractivity contribution in [3.8, 4) is 5.75 Å². The van der Waals surface area contributed by atoms with E-state index < -0.39 is 11.8 Å². The summed E-state index contributed by atoms with van der Waals surface area (Å²) in [5, 5.41) is 0. The zero-order valence-corrected chi connectivity index (χ0v) is 17.6. The first-order valence-electron chi connectivity index (χ1n) is 9.16. The molecule has 0 aromatic heterocycles. The molecule has 0 saturated carbocycles. The average Bonchev–Trinajstić information content (AvgIpc) is 3.02. The first-order chi connectivity index (χ1) is 14.5. The van der Waals surface area contributed by atoms with Gasteiger partial charge in [0.05, 0.1) is 18.2 Å². The minimum atomic E-state index is -0.419. The molecule has 0 bridgehead atoms. The van der Waals surface area contributed by atoms with Gasteiger partial charge >= 0.3 is 0 Å². The van der Waals surface area contributed by atoms with Crippen LogP contribution in [0.2, 0.25) is 0 Å². The van der Waals surface area contributed by atoms with Gasteiger partial charge in [-0.25, -0.2) is 0 Å². The number of benzene rings is 3. The highest BCUT2D eigenvalue weighted by molar-refractivity contribution is 9.10. The number of hydrogen-bond donors (Lipinski definition) is 0. The normalized spacial score (nSPS) is 12.7. The van der Waals surface area contributed by atoms with Crippen LogP contribution in [-0.2, 0) is 0 Å². The van der Waals surface area contributed by atoms with E-state index in [1.54, 1.807) is 79.9 Å². The van der Waals surface area contributed by atoms with Gasteiger partial charge in [0, 0.05) is 15.7 Å². The number of anilines is 1. The van der Waals surface area contributed by atoms with Crippen molar-refractivity contribution in [1.29, 1.82) is 0 Å². The molecule has 0 unspecified atom stereocenters. The summed E-state index contributed by atoms with van der Waals surface area (Å²) in [5.74, 6) is -0.532. The lowest BCUT2D eigenvalue weighted by Crippen LogP contribution is -2.44. The highest BCUT2D eigenvalue weighted by Gasteiger charge is 2.37. The van der Waals surface area contributed by atoms with Crippen LogP contribution in [0.1, 0.15) is 31.1 Å². The van der Waals surface area contributed by atoms with Gasteiger partial charge in [0.2, 0.25) is 0 Å². The Morgan fingerprint density at radius 3 is 2.00 bits per heavy atom. The Labute approximate surface area is 181 Å². The Kier molecular flexibility index (Phi) is 5.37. The van der Waals surface area contributed by atoms with Gasteiger partial charge in [-0.15, -0.1) is 0 Å². The van der Waals surface area contributed by atoms with Crippen LogP contribution in [0.4, 0.5) is 5.69 Å². The minimum absolute atomic E-state index is 0.201. The molecule has 6 nitrogen and oxygen atoms in total. The Hall–Kier alpha value is -3.45. The van der Waals surface area contributed by atoms with E-state index in [0.29, 0.717) is 28.1 Å². The van der Waals surface area contributed by atoms with E-state index in [1.165, 1.54) is 4.90 Å². The van der Waals surface area contributed by atoms with Crippen LogP contribution in [0.3, 0.4) is 0 Å². The van der Waals surface area contributed by atoms with E-state index in [9.17, 15) is 14.4 Å². The molecule has 0 spiro atoms. The SMILES string of the molecule is COc1ccc(N(CN2C(=O)c3ccccc3C2=O)C(=O)c2ccc(Br)cc2)cc1. The Morgan fingerprint density at radius 2 is 1.47 bits per heavy atom. The Morgan fingerprint density at radius 1 is 0.900 bits per heavy atom. The molecule has 3 aromatic carbocycles. The summed E-state index contributed by atoms with van der Waals surface area (Å²) >= 11 is 3.36. The zero-order chi connectivity index (χ0) is 21.3. The lowest BCUT2D eigenvalue weighted by atomic mass is 10.1. The van der Waals surface area contributed by atoms with Gasteiger partial charge in [0.25, 0.3) is 17.7 Å². The number of nitrogens with zero attached hydrogens (tertiary/aromatic N) is 2. The summed E-state index contributed by atoms with van der Waals surface area (Å²) in [5.41, 5.74) is 1.66. The van der Waals surface area contributed by atoms with Gasteiger partial charge in [-0.1, -0.05) is 28.1 Å². The summed E-state index contributed by atoms with van der Waals surface area (Å²) in [6, 6.07) is 20.4. The molecule has 1 heterocycles. The summed E-state index contributed by atoms with van der Waals surface area (Å²) < 4.78 is 6.03. The molecule has 3 amide bonds. The molecule has 0 radical (unpaired) electrons. The molecular weight excluding hydrogens is 448 g/mol. The summed E-state index contributed by atoms with van der Waals surface area (Å²) in [6.45, 7) is -0.201. The highest BCUT2D eigenvalue weighted by Crippen LogP contribution is 2.27. The quantitative estimate of drug-likeness (QED) is 0.526. The number of imide groups is 1. The minimum Gasteiger partial charge on any atom is -0.497 e. The van der Waals surface area contributed by atoms with Crippen molar-refractivity contribution < 1.29 is 19.1 Å². The van der Waals surface area contributed by atoms with E-state index in [1.807, 2.05) is 0 Å². The van der Waals surface area contributed by atoms with Crippen molar-refractivity contribution in [1.82, 2.24) is 4.90 Å². The van der Waals surface area contributed by atoms with Crippen LogP contribution in [0.5, 0.6) is 5.75 Å². The Bertz CT molecular complexity index is 1090. The number of carbonyl (C=O) groups excluding carboxylic acids is 3. The third kappa shape index (κ3) is 3.59. The number of carbonyl (C=O) groups is 3. The van der Waals surface area contributed by atoms with Gasteiger partial charge in [-0.3, -0.25) is 24.2 Å². The number of halogens is 1. The van der Waals surface area contributed by atoms with Crippen LogP contribution < -0.4 is 9.64 Å². The largest absolute Gasteiger partial charge is 0.497 e. The van der Waals surface area contributed by atoms with E-state index in [4.69, 9.17) is 4.74 Å². The fourth-order valence-electron chi connectivity index (χ4n) is 3.28. The Balaban J connectivity index is 1.70. The third-order valence-corrected chi connectivity index (χ3v) is 5.41. The first-order valence-corrected chi connectivity index (χ1v) is 9.95. The van der Waals surface area contributed by atoms with Gasteiger partial charge in [-0.2, -0.15) is 0 Å². The molecule has 0 fully saturated rings. The van der Waals surface area contributed by atoms with E-state index in [0.717, 1.165) is 9.37 Å². The number of rotatable bonds is 5. The van der Waals surface area contributed by atoms with E-state index >= 15 is 0 Å². The topological polar surface area (TPSA) is 66.9 Å². The molecule has 1 aliphatic heterocycles. The van der Waals surface area contributed by atoms with E-state index in [2.05, 4.69) is 15.9 Å². The maximum absolute atomic E-state index is 13.3. The van der Waals surface area contributed by atoms with Crippen LogP contribution in [0.15, 0.2) is 77.3 Å². The molecule has 0 N–H and O–H groups in total. The lowest BCUT2D eigenvalue weighted by Gasteiger charge is -2.27. The number of fused-ring (bicyclic) bond motifs is 1. The van der Waals surface area contributed by atoms with Crippen molar-refractivity contribution in [3.63, 3.8) is 0 Å². The standard InChI is InChI=1S/C23H17BrN2O4/c1-30-18-12-10-17(11-13-18)25(21(27)15-6-8-16(24)9-7-15)14-26-22(28)19-4-2-3-5-20(19)23(26)29/h2-13H,14H2,1H3. The second-order valence-corrected chi connectivity index (χ2v) is 7.58. The third-order valence-electron chi connectivity index (χ3n) is 4.88. The van der Waals surface area contributed by atoms with Crippen LogP contribution in [-0.4, -0.2) is 36.4 Å². The fraction of sp³-hybridized carbons (Fsp3) is 0.0870. The molecule has 3 aromatic rings. The summed E-state index contributed by atoms with van der Waals surface area (Å²) in [4.78, 5) is 41.4. The summed E-state index contributed by atoms with van der Waals surface area (Å²) in [7, 11) is 1.55. The molecule has 1 aliphatic rings. The van der Waals surface area contributed by atoms with Crippen LogP contribution in [0.25, 0.3) is 0 Å². The maximum Gasteiger partial charge on any atom is 0.263 e. The van der Waals surface area contributed by atoms with Crippen molar-refractivity contribution in [2.45, 2.75) is 0 Å². The number of methoxy groups -OCH3 is 1. The fourth-order valence-corrected chi connectivity index (χ4v) is 3.55. The first kappa shape index (κ1) is 19.8. The average molecular weight is 465 g/mol. The maximum atomic E-state index is 13.3. The van der Waals surface area contributed by atoms with Crippen molar-refractivity contribution in [2.24, 2.45) is 0 Å². The predicted molar refractivity (Wildman–Crippen MR) is 116 cm³/mol. The second kappa shape index (κ2) is 8.12. The monoisotopic (exact) mass is 464 g/mol. The zero-order valence-electron chi connectivity index (χ0n) is 16.0. The smallest absolute Gasteiger partial charge is 0.263 e. The van der Waals surface area contributed by atoms with E-state index in [-0.39, 0.29) is 12.6 Å². The lowest BCUT2D eigenvalue weighted by molar-refractivity contribution is 0.0650. The molecule has 4 rings (SSSR count). The molecule has 30 heavy (non-hydrogen) atoms. The molecule has 7 heteroatoms. The van der Waals surface area contributed by atoms with Crippen LogP contribution >= 0.6 is 15.9 Å². The molecule has 0 atom stereocenters. The van der Waals surface area contributed by atoms with Crippen molar-refractivity contribution >= 4 is 39.3 Å². The number of hydrogen-bond acceptors (Lipinski definition) is 4. The van der Waals surface area contributed by atoms with Crippen molar-refractivity contribution in [2.75, 3.05) is 18.7 Å². The summed E-state index contributed by atoms with van der Waals surface area (Å²) in [6.07, 6.45) is 0. The second-order valence-electron chi connectivity index (χ2n) is 6.66. The number of ether oxygens (including phenoxy) is 1. The van der Waals surface area contributed by atoms with Gasteiger partial charge in [0.15, 0.2) is 0 Å².